The zero-order valence-corrected chi connectivity index (χ0v) is 14.7. The molecule has 2 aliphatic carbocycles. The summed E-state index contributed by atoms with van der Waals surface area (Å²) in [7, 11) is 0. The van der Waals surface area contributed by atoms with E-state index in [4.69, 9.17) is 4.74 Å². The first-order valence-electron chi connectivity index (χ1n) is 9.20. The molecular weight excluding hydrogens is 331 g/mol. The van der Waals surface area contributed by atoms with Crippen molar-refractivity contribution in [2.75, 3.05) is 0 Å². The number of aryl methyl sites for hydroxylation is 1. The summed E-state index contributed by atoms with van der Waals surface area (Å²) in [5.74, 6) is 0.268. The number of fused-ring (bicyclic) bond motifs is 2. The van der Waals surface area contributed by atoms with Crippen molar-refractivity contribution in [3.05, 3.63) is 59.4 Å². The molecular formula is C22H21FO3. The van der Waals surface area contributed by atoms with E-state index in [1.807, 2.05) is 25.1 Å². The van der Waals surface area contributed by atoms with E-state index >= 15 is 0 Å². The number of rotatable bonds is 4. The van der Waals surface area contributed by atoms with E-state index in [2.05, 4.69) is 0 Å². The van der Waals surface area contributed by atoms with Crippen LogP contribution in [0.1, 0.15) is 43.2 Å². The molecule has 3 atom stereocenters. The lowest BCUT2D eigenvalue weighted by molar-refractivity contribution is -0.135. The van der Waals surface area contributed by atoms with Gasteiger partial charge in [0.2, 0.25) is 0 Å². The van der Waals surface area contributed by atoms with Gasteiger partial charge < -0.3 is 4.74 Å². The van der Waals surface area contributed by atoms with Gasteiger partial charge >= 0.3 is 0 Å². The van der Waals surface area contributed by atoms with Crippen LogP contribution in [0.15, 0.2) is 42.5 Å². The highest BCUT2D eigenvalue weighted by Gasteiger charge is 2.47. The molecule has 0 radical (unpaired) electrons. The predicted octanol–water partition coefficient (Wildman–Crippen LogP) is 4.83. The van der Waals surface area contributed by atoms with Crippen LogP contribution in [0.3, 0.4) is 0 Å². The SMILES string of the molecule is CCc1ccc(Oc2ccc(F)cc2)cc1C1C(=O)[C@@H]2CC[C@@H](C2)C1=O. The van der Waals surface area contributed by atoms with Crippen molar-refractivity contribution >= 4 is 11.6 Å². The van der Waals surface area contributed by atoms with Crippen LogP contribution >= 0.6 is 0 Å². The maximum absolute atomic E-state index is 13.1. The Kier molecular flexibility index (Phi) is 4.35. The van der Waals surface area contributed by atoms with Crippen molar-refractivity contribution < 1.29 is 18.7 Å². The summed E-state index contributed by atoms with van der Waals surface area (Å²) in [5.41, 5.74) is 1.78. The molecule has 2 aromatic rings. The summed E-state index contributed by atoms with van der Waals surface area (Å²) < 4.78 is 18.9. The molecule has 0 amide bonds. The summed E-state index contributed by atoms with van der Waals surface area (Å²) in [4.78, 5) is 25.7. The fourth-order valence-electron chi connectivity index (χ4n) is 4.28. The zero-order valence-electron chi connectivity index (χ0n) is 14.7. The van der Waals surface area contributed by atoms with Crippen molar-refractivity contribution in [1.82, 2.24) is 0 Å². The quantitative estimate of drug-likeness (QED) is 0.740. The lowest BCUT2D eigenvalue weighted by atomic mass is 9.74. The summed E-state index contributed by atoms with van der Waals surface area (Å²) >= 11 is 0. The topological polar surface area (TPSA) is 43.4 Å². The molecule has 2 aliphatic rings. The lowest BCUT2D eigenvalue weighted by Crippen LogP contribution is -2.35. The third-order valence-electron chi connectivity index (χ3n) is 5.66. The van der Waals surface area contributed by atoms with Crippen LogP contribution in [0.2, 0.25) is 0 Å². The van der Waals surface area contributed by atoms with E-state index in [-0.39, 0.29) is 29.2 Å². The van der Waals surface area contributed by atoms with Gasteiger partial charge in [-0.05, 0) is 73.2 Å². The Bertz CT molecular complexity index is 834. The Morgan fingerprint density at radius 2 is 1.58 bits per heavy atom. The first-order chi connectivity index (χ1) is 12.6. The van der Waals surface area contributed by atoms with E-state index in [0.29, 0.717) is 11.5 Å². The Morgan fingerprint density at radius 3 is 2.19 bits per heavy atom. The highest BCUT2D eigenvalue weighted by Crippen LogP contribution is 2.45. The van der Waals surface area contributed by atoms with Crippen LogP contribution < -0.4 is 4.74 Å². The minimum Gasteiger partial charge on any atom is -0.457 e. The fraction of sp³-hybridized carbons (Fsp3) is 0.364. The normalized spacial score (nSPS) is 24.8. The van der Waals surface area contributed by atoms with Gasteiger partial charge in [-0.1, -0.05) is 13.0 Å². The summed E-state index contributed by atoms with van der Waals surface area (Å²) in [6, 6.07) is 11.3. The number of hydrogen-bond acceptors (Lipinski definition) is 3. The Labute approximate surface area is 152 Å². The monoisotopic (exact) mass is 352 g/mol. The molecule has 134 valence electrons. The molecule has 1 unspecified atom stereocenters. The maximum atomic E-state index is 13.1. The van der Waals surface area contributed by atoms with Gasteiger partial charge in [0, 0.05) is 11.8 Å². The van der Waals surface area contributed by atoms with Gasteiger partial charge in [0.1, 0.15) is 23.2 Å². The van der Waals surface area contributed by atoms with E-state index in [0.717, 1.165) is 36.8 Å². The minimum atomic E-state index is -0.659. The van der Waals surface area contributed by atoms with Crippen LogP contribution in [0, 0.1) is 17.7 Å². The molecule has 0 saturated heterocycles. The van der Waals surface area contributed by atoms with Crippen molar-refractivity contribution in [2.45, 2.75) is 38.5 Å². The number of halogens is 1. The van der Waals surface area contributed by atoms with Gasteiger partial charge in [-0.25, -0.2) is 4.39 Å². The van der Waals surface area contributed by atoms with Crippen LogP contribution in [0.5, 0.6) is 11.5 Å². The third-order valence-corrected chi connectivity index (χ3v) is 5.66. The van der Waals surface area contributed by atoms with Crippen LogP contribution in [0.25, 0.3) is 0 Å². The molecule has 0 N–H and O–H groups in total. The number of carbonyl (C=O) groups is 2. The number of benzene rings is 2. The van der Waals surface area contributed by atoms with E-state index < -0.39 is 5.92 Å². The molecule has 4 heteroatoms. The molecule has 3 nitrogen and oxygen atoms in total. The molecule has 2 saturated carbocycles. The number of ketones is 2. The lowest BCUT2D eigenvalue weighted by Gasteiger charge is -2.27. The molecule has 0 aliphatic heterocycles. The largest absolute Gasteiger partial charge is 0.457 e. The second-order valence-electron chi connectivity index (χ2n) is 7.21. The highest BCUT2D eigenvalue weighted by atomic mass is 19.1. The fourth-order valence-corrected chi connectivity index (χ4v) is 4.28. The van der Waals surface area contributed by atoms with Gasteiger partial charge in [-0.2, -0.15) is 0 Å². The van der Waals surface area contributed by atoms with Crippen LogP contribution in [-0.4, -0.2) is 11.6 Å². The summed E-state index contributed by atoms with van der Waals surface area (Å²) in [6.07, 6.45) is 3.14. The van der Waals surface area contributed by atoms with Gasteiger partial charge in [-0.3, -0.25) is 9.59 Å². The average Bonchev–Trinajstić information content (AvgIpc) is 3.10. The second kappa shape index (κ2) is 6.67. The van der Waals surface area contributed by atoms with E-state index in [9.17, 15) is 14.0 Å². The summed E-state index contributed by atoms with van der Waals surface area (Å²) in [6.45, 7) is 2.02. The zero-order chi connectivity index (χ0) is 18.3. The van der Waals surface area contributed by atoms with Crippen molar-refractivity contribution in [1.29, 1.82) is 0 Å². The Morgan fingerprint density at radius 1 is 0.962 bits per heavy atom. The molecule has 2 bridgehead atoms. The van der Waals surface area contributed by atoms with Crippen LogP contribution in [0.4, 0.5) is 4.39 Å². The smallest absolute Gasteiger partial charge is 0.150 e. The minimum absolute atomic E-state index is 0.0223. The third kappa shape index (κ3) is 2.94. The molecule has 0 aromatic heterocycles. The standard InChI is InChI=1S/C22H21FO3/c1-2-13-5-8-18(26-17-9-6-16(23)7-10-17)12-19(13)20-21(24)14-3-4-15(11-14)22(20)25/h5-10,12,14-15,20H,2-4,11H2,1H3/t14-,15+,20?. The number of carbonyl (C=O) groups excluding carboxylic acids is 2. The predicted molar refractivity (Wildman–Crippen MR) is 95.9 cm³/mol. The van der Waals surface area contributed by atoms with E-state index in [1.165, 1.54) is 12.1 Å². The molecule has 0 spiro atoms. The Hall–Kier alpha value is -2.49. The van der Waals surface area contributed by atoms with Gasteiger partial charge in [0.15, 0.2) is 11.6 Å². The van der Waals surface area contributed by atoms with Crippen LogP contribution in [-0.2, 0) is 16.0 Å². The molecule has 2 fully saturated rings. The van der Waals surface area contributed by atoms with Crippen molar-refractivity contribution in [3.63, 3.8) is 0 Å². The number of ether oxygens (including phenoxy) is 1. The maximum Gasteiger partial charge on any atom is 0.150 e. The van der Waals surface area contributed by atoms with Crippen molar-refractivity contribution in [3.8, 4) is 11.5 Å². The Balaban J connectivity index is 1.69. The van der Waals surface area contributed by atoms with Gasteiger partial charge in [-0.15, -0.1) is 0 Å². The van der Waals surface area contributed by atoms with Gasteiger partial charge in [0.25, 0.3) is 0 Å². The highest BCUT2D eigenvalue weighted by molar-refractivity contribution is 6.12. The first-order valence-corrected chi connectivity index (χ1v) is 9.20. The molecule has 4 rings (SSSR count). The molecule has 26 heavy (non-hydrogen) atoms. The number of Topliss-reactive ketones (excluding diaryl/α,β-unsaturated/α-hetero) is 2. The second-order valence-corrected chi connectivity index (χ2v) is 7.21. The molecule has 2 aromatic carbocycles. The first kappa shape index (κ1) is 17.0. The van der Waals surface area contributed by atoms with Gasteiger partial charge in [0.05, 0.1) is 0 Å². The average molecular weight is 352 g/mol. The van der Waals surface area contributed by atoms with E-state index in [1.54, 1.807) is 12.1 Å². The summed E-state index contributed by atoms with van der Waals surface area (Å²) in [5, 5.41) is 0. The number of hydrogen-bond donors (Lipinski definition) is 0. The van der Waals surface area contributed by atoms with Crippen molar-refractivity contribution in [2.24, 2.45) is 11.8 Å². The molecule has 0 heterocycles.